The van der Waals surface area contributed by atoms with E-state index < -0.39 is 18.6 Å². The first-order chi connectivity index (χ1) is 8.50. The van der Waals surface area contributed by atoms with Crippen LogP contribution in [0.15, 0.2) is 29.4 Å². The molecule has 7 heteroatoms. The third-order valence-corrected chi connectivity index (χ3v) is 3.57. The zero-order chi connectivity index (χ0) is 13.2. The molecule has 0 aliphatic rings. The Hall–Kier alpha value is -1.21. The molecule has 3 N–H and O–H groups in total. The molecular formula is C11H12F3N3S. The van der Waals surface area contributed by atoms with Crippen LogP contribution < -0.4 is 5.73 Å². The van der Waals surface area contributed by atoms with Gasteiger partial charge in [-0.15, -0.1) is 0 Å². The first kappa shape index (κ1) is 13.2. The number of nitrogens with two attached hydrogens (primary N) is 1. The van der Waals surface area contributed by atoms with Gasteiger partial charge in [0.25, 0.3) is 0 Å². The largest absolute Gasteiger partial charge is 0.393 e. The van der Waals surface area contributed by atoms with Crippen LogP contribution in [0.3, 0.4) is 0 Å². The molecule has 2 rings (SSSR count). The van der Waals surface area contributed by atoms with Gasteiger partial charge in [-0.2, -0.15) is 13.2 Å². The maximum absolute atomic E-state index is 12.5. The van der Waals surface area contributed by atoms with E-state index in [-0.39, 0.29) is 5.75 Å². The Balaban J connectivity index is 2.05. The molecule has 18 heavy (non-hydrogen) atoms. The van der Waals surface area contributed by atoms with Crippen LogP contribution in [-0.2, 0) is 0 Å². The maximum Gasteiger partial charge on any atom is 0.393 e. The highest BCUT2D eigenvalue weighted by Crippen LogP contribution is 2.30. The van der Waals surface area contributed by atoms with Crippen LogP contribution in [0.4, 0.5) is 13.2 Å². The number of aromatic amines is 1. The molecule has 0 aliphatic carbocycles. The smallest absolute Gasteiger partial charge is 0.333 e. The van der Waals surface area contributed by atoms with Gasteiger partial charge in [0.05, 0.1) is 17.0 Å². The van der Waals surface area contributed by atoms with Gasteiger partial charge in [0.1, 0.15) is 0 Å². The molecule has 2 aromatic rings. The second-order valence-corrected chi connectivity index (χ2v) is 4.85. The molecule has 0 bridgehead atoms. The van der Waals surface area contributed by atoms with E-state index in [9.17, 15) is 13.2 Å². The highest BCUT2D eigenvalue weighted by molar-refractivity contribution is 7.99. The lowest BCUT2D eigenvalue weighted by Crippen LogP contribution is -2.32. The summed E-state index contributed by atoms with van der Waals surface area (Å²) in [6, 6.07) is 7.31. The minimum atomic E-state index is -4.26. The molecule has 0 aliphatic heterocycles. The monoisotopic (exact) mass is 275 g/mol. The van der Waals surface area contributed by atoms with E-state index in [1.54, 1.807) is 6.07 Å². The molecule has 1 aromatic heterocycles. The molecule has 0 saturated heterocycles. The van der Waals surface area contributed by atoms with Crippen molar-refractivity contribution in [3.05, 3.63) is 24.3 Å². The topological polar surface area (TPSA) is 54.7 Å². The summed E-state index contributed by atoms with van der Waals surface area (Å²) in [6.07, 6.45) is -4.26. The standard InChI is InChI=1S/C11H12F3N3S/c12-11(13,14)7(5-15)6-18-10-16-8-3-1-2-4-9(8)17-10/h1-4,7H,5-6,15H2,(H,16,17). The van der Waals surface area contributed by atoms with E-state index in [1.807, 2.05) is 18.2 Å². The Morgan fingerprint density at radius 1 is 1.33 bits per heavy atom. The van der Waals surface area contributed by atoms with Crippen molar-refractivity contribution in [2.75, 3.05) is 12.3 Å². The minimum absolute atomic E-state index is 0.125. The fourth-order valence-corrected chi connectivity index (χ4v) is 2.50. The van der Waals surface area contributed by atoms with Crippen LogP contribution in [-0.4, -0.2) is 28.4 Å². The van der Waals surface area contributed by atoms with Gasteiger partial charge >= 0.3 is 6.18 Å². The molecule has 0 amide bonds. The number of alkyl halides is 3. The maximum atomic E-state index is 12.5. The predicted molar refractivity (Wildman–Crippen MR) is 65.4 cm³/mol. The quantitative estimate of drug-likeness (QED) is 0.844. The van der Waals surface area contributed by atoms with Crippen molar-refractivity contribution in [1.29, 1.82) is 0 Å². The number of halogens is 3. The molecular weight excluding hydrogens is 263 g/mol. The summed E-state index contributed by atoms with van der Waals surface area (Å²) < 4.78 is 37.5. The summed E-state index contributed by atoms with van der Waals surface area (Å²) >= 11 is 1.04. The summed E-state index contributed by atoms with van der Waals surface area (Å²) in [7, 11) is 0. The van der Waals surface area contributed by atoms with Gasteiger partial charge < -0.3 is 10.7 Å². The molecule has 1 heterocycles. The summed E-state index contributed by atoms with van der Waals surface area (Å²) in [6.45, 7) is -0.406. The first-order valence-corrected chi connectivity index (χ1v) is 6.33. The minimum Gasteiger partial charge on any atom is -0.333 e. The zero-order valence-electron chi connectivity index (χ0n) is 9.37. The summed E-state index contributed by atoms with van der Waals surface area (Å²) in [4.78, 5) is 7.17. The third kappa shape index (κ3) is 2.97. The summed E-state index contributed by atoms with van der Waals surface area (Å²) in [5, 5.41) is 0.485. The Bertz CT molecular complexity index is 490. The van der Waals surface area contributed by atoms with Gasteiger partial charge in [-0.3, -0.25) is 0 Å². The fourth-order valence-electron chi connectivity index (χ4n) is 1.47. The van der Waals surface area contributed by atoms with E-state index >= 15 is 0 Å². The normalized spacial score (nSPS) is 14.0. The lowest BCUT2D eigenvalue weighted by Gasteiger charge is -2.16. The number of benzene rings is 1. The average Bonchev–Trinajstić information content (AvgIpc) is 2.70. The van der Waals surface area contributed by atoms with Gasteiger partial charge in [0.2, 0.25) is 0 Å². The number of hydrogen-bond donors (Lipinski definition) is 2. The van der Waals surface area contributed by atoms with E-state index in [0.717, 1.165) is 22.8 Å². The van der Waals surface area contributed by atoms with E-state index in [1.165, 1.54) is 0 Å². The second-order valence-electron chi connectivity index (χ2n) is 3.84. The Kier molecular flexibility index (Phi) is 3.82. The Morgan fingerprint density at radius 3 is 2.67 bits per heavy atom. The van der Waals surface area contributed by atoms with Crippen LogP contribution in [0.2, 0.25) is 0 Å². The van der Waals surface area contributed by atoms with Gasteiger partial charge in [0, 0.05) is 12.3 Å². The lowest BCUT2D eigenvalue weighted by molar-refractivity contribution is -0.165. The molecule has 1 atom stereocenters. The van der Waals surface area contributed by atoms with Crippen molar-refractivity contribution in [2.24, 2.45) is 11.7 Å². The molecule has 0 spiro atoms. The molecule has 0 radical (unpaired) electrons. The van der Waals surface area contributed by atoms with Crippen LogP contribution in [0, 0.1) is 5.92 Å². The van der Waals surface area contributed by atoms with Crippen molar-refractivity contribution < 1.29 is 13.2 Å². The summed E-state index contributed by atoms with van der Waals surface area (Å²) in [5.41, 5.74) is 6.70. The number of nitrogens with one attached hydrogen (secondary N) is 1. The van der Waals surface area contributed by atoms with Gasteiger partial charge in [-0.25, -0.2) is 4.98 Å². The molecule has 1 aromatic carbocycles. The van der Waals surface area contributed by atoms with Crippen molar-refractivity contribution in [2.45, 2.75) is 11.3 Å². The number of hydrogen-bond acceptors (Lipinski definition) is 3. The van der Waals surface area contributed by atoms with Gasteiger partial charge in [0.15, 0.2) is 5.16 Å². The van der Waals surface area contributed by atoms with E-state index in [4.69, 9.17) is 5.73 Å². The number of para-hydroxylation sites is 2. The molecule has 0 saturated carbocycles. The SMILES string of the molecule is NCC(CSc1nc2ccccc2[nH]1)C(F)(F)F. The van der Waals surface area contributed by atoms with Crippen molar-refractivity contribution in [3.8, 4) is 0 Å². The number of aromatic nitrogens is 2. The van der Waals surface area contributed by atoms with Gasteiger partial charge in [-0.1, -0.05) is 23.9 Å². The fraction of sp³-hybridized carbons (Fsp3) is 0.364. The lowest BCUT2D eigenvalue weighted by atomic mass is 10.2. The van der Waals surface area contributed by atoms with E-state index in [0.29, 0.717) is 5.16 Å². The number of nitrogens with zero attached hydrogens (tertiary/aromatic N) is 1. The summed E-state index contributed by atoms with van der Waals surface area (Å²) in [5.74, 6) is -1.63. The number of imidazole rings is 1. The van der Waals surface area contributed by atoms with Crippen molar-refractivity contribution in [1.82, 2.24) is 9.97 Å². The molecule has 3 nitrogen and oxygen atoms in total. The highest BCUT2D eigenvalue weighted by Gasteiger charge is 2.38. The Labute approximate surface area is 106 Å². The van der Waals surface area contributed by atoms with Crippen LogP contribution >= 0.6 is 11.8 Å². The number of rotatable bonds is 4. The Morgan fingerprint density at radius 2 is 2.06 bits per heavy atom. The second kappa shape index (κ2) is 5.19. The average molecular weight is 275 g/mol. The molecule has 98 valence electrons. The molecule has 0 fully saturated rings. The predicted octanol–water partition coefficient (Wildman–Crippen LogP) is 2.79. The number of thioether (sulfide) groups is 1. The zero-order valence-corrected chi connectivity index (χ0v) is 10.2. The number of fused-ring (bicyclic) bond motifs is 1. The number of H-pyrrole nitrogens is 1. The van der Waals surface area contributed by atoms with Crippen molar-refractivity contribution >= 4 is 22.8 Å². The van der Waals surface area contributed by atoms with Crippen LogP contribution in [0.5, 0.6) is 0 Å². The third-order valence-electron chi connectivity index (χ3n) is 2.54. The van der Waals surface area contributed by atoms with Crippen molar-refractivity contribution in [3.63, 3.8) is 0 Å². The first-order valence-electron chi connectivity index (χ1n) is 5.35. The highest BCUT2D eigenvalue weighted by atomic mass is 32.2. The van der Waals surface area contributed by atoms with E-state index in [2.05, 4.69) is 9.97 Å². The van der Waals surface area contributed by atoms with Crippen LogP contribution in [0.25, 0.3) is 11.0 Å². The van der Waals surface area contributed by atoms with Crippen LogP contribution in [0.1, 0.15) is 0 Å². The molecule has 1 unspecified atom stereocenters. The van der Waals surface area contributed by atoms with Gasteiger partial charge in [-0.05, 0) is 12.1 Å².